The van der Waals surface area contributed by atoms with Crippen molar-refractivity contribution in [3.05, 3.63) is 60.4 Å². The molecule has 0 saturated heterocycles. The van der Waals surface area contributed by atoms with Crippen LogP contribution in [0.15, 0.2) is 54.7 Å². The molecule has 0 radical (unpaired) electrons. The summed E-state index contributed by atoms with van der Waals surface area (Å²) in [7, 11) is 0. The van der Waals surface area contributed by atoms with Gasteiger partial charge in [-0.2, -0.15) is 0 Å². The van der Waals surface area contributed by atoms with Crippen LogP contribution in [-0.4, -0.2) is 15.0 Å². The molecule has 0 bridgehead atoms. The fourth-order valence-corrected chi connectivity index (χ4v) is 1.94. The molecule has 0 amide bonds. The van der Waals surface area contributed by atoms with Gasteiger partial charge in [0.2, 0.25) is 0 Å². The van der Waals surface area contributed by atoms with Crippen molar-refractivity contribution < 1.29 is 0 Å². The topological polar surface area (TPSA) is 38.7 Å². The third kappa shape index (κ3) is 2.36. The van der Waals surface area contributed by atoms with Crippen LogP contribution in [0.4, 0.5) is 0 Å². The maximum Gasteiger partial charge on any atom is 0.178 e. The highest BCUT2D eigenvalue weighted by molar-refractivity contribution is 5.79. The molecular formula is C16H13N3. The van der Waals surface area contributed by atoms with Gasteiger partial charge in [0.25, 0.3) is 0 Å². The van der Waals surface area contributed by atoms with Crippen LogP contribution in [0.25, 0.3) is 28.5 Å². The largest absolute Gasteiger partial charge is 0.245 e. The Hall–Kier alpha value is -2.55. The van der Waals surface area contributed by atoms with E-state index in [-0.39, 0.29) is 0 Å². The monoisotopic (exact) mass is 247 g/mol. The molecule has 92 valence electrons. The van der Waals surface area contributed by atoms with Gasteiger partial charge in [0.15, 0.2) is 5.82 Å². The van der Waals surface area contributed by atoms with E-state index in [1.807, 2.05) is 67.7 Å². The minimum Gasteiger partial charge on any atom is -0.245 e. The second-order valence-electron chi connectivity index (χ2n) is 4.20. The standard InChI is InChI=1S/C16H13N3/c1-2-6-13-8-5-10-15(18-13)16-17-11-12-7-3-4-9-14(12)19-16/h2-11H,1H3. The van der Waals surface area contributed by atoms with Gasteiger partial charge >= 0.3 is 0 Å². The number of rotatable bonds is 2. The van der Waals surface area contributed by atoms with E-state index in [4.69, 9.17) is 0 Å². The third-order valence-corrected chi connectivity index (χ3v) is 2.83. The van der Waals surface area contributed by atoms with Gasteiger partial charge in [0.05, 0.1) is 11.2 Å². The second-order valence-corrected chi connectivity index (χ2v) is 4.20. The molecule has 2 heterocycles. The molecule has 0 aliphatic rings. The first kappa shape index (κ1) is 11.5. The van der Waals surface area contributed by atoms with Gasteiger partial charge in [-0.05, 0) is 31.2 Å². The first-order valence-corrected chi connectivity index (χ1v) is 6.19. The van der Waals surface area contributed by atoms with Crippen LogP contribution in [0.5, 0.6) is 0 Å². The molecule has 0 unspecified atom stereocenters. The number of allylic oxidation sites excluding steroid dienone is 1. The van der Waals surface area contributed by atoms with Crippen molar-refractivity contribution in [2.24, 2.45) is 0 Å². The zero-order chi connectivity index (χ0) is 13.1. The lowest BCUT2D eigenvalue weighted by atomic mass is 10.2. The van der Waals surface area contributed by atoms with Gasteiger partial charge in [-0.1, -0.05) is 30.3 Å². The molecule has 2 aromatic heterocycles. The number of para-hydroxylation sites is 1. The average Bonchev–Trinajstić information content (AvgIpc) is 2.47. The Morgan fingerprint density at radius 2 is 1.84 bits per heavy atom. The fourth-order valence-electron chi connectivity index (χ4n) is 1.94. The smallest absolute Gasteiger partial charge is 0.178 e. The van der Waals surface area contributed by atoms with E-state index in [2.05, 4.69) is 15.0 Å². The second kappa shape index (κ2) is 4.98. The minimum atomic E-state index is 0.657. The van der Waals surface area contributed by atoms with E-state index in [9.17, 15) is 0 Å². The van der Waals surface area contributed by atoms with Gasteiger partial charge in [0, 0.05) is 11.6 Å². The first-order valence-electron chi connectivity index (χ1n) is 6.19. The maximum atomic E-state index is 4.55. The van der Waals surface area contributed by atoms with Crippen LogP contribution in [0.1, 0.15) is 12.6 Å². The molecule has 1 aromatic carbocycles. The zero-order valence-electron chi connectivity index (χ0n) is 10.6. The summed E-state index contributed by atoms with van der Waals surface area (Å²) >= 11 is 0. The number of hydrogen-bond acceptors (Lipinski definition) is 3. The Labute approximate surface area is 111 Å². The van der Waals surface area contributed by atoms with Crippen molar-refractivity contribution >= 4 is 17.0 Å². The molecule has 19 heavy (non-hydrogen) atoms. The van der Waals surface area contributed by atoms with Gasteiger partial charge in [-0.25, -0.2) is 15.0 Å². The lowest BCUT2D eigenvalue weighted by Gasteiger charge is -2.02. The molecule has 0 aliphatic carbocycles. The summed E-state index contributed by atoms with van der Waals surface area (Å²) in [5.41, 5.74) is 2.64. The summed E-state index contributed by atoms with van der Waals surface area (Å²) in [6, 6.07) is 13.8. The van der Waals surface area contributed by atoms with Crippen LogP contribution >= 0.6 is 0 Å². The summed E-state index contributed by atoms with van der Waals surface area (Å²) in [5.74, 6) is 0.657. The maximum absolute atomic E-state index is 4.55. The van der Waals surface area contributed by atoms with Crippen LogP contribution in [0.3, 0.4) is 0 Å². The molecule has 3 rings (SSSR count). The summed E-state index contributed by atoms with van der Waals surface area (Å²) < 4.78 is 0. The number of hydrogen-bond donors (Lipinski definition) is 0. The van der Waals surface area contributed by atoms with Crippen LogP contribution in [-0.2, 0) is 0 Å². The van der Waals surface area contributed by atoms with E-state index in [1.165, 1.54) is 0 Å². The van der Waals surface area contributed by atoms with Gasteiger partial charge in [-0.3, -0.25) is 0 Å². The predicted octanol–water partition coefficient (Wildman–Crippen LogP) is 3.72. The van der Waals surface area contributed by atoms with Gasteiger partial charge in [0.1, 0.15) is 5.69 Å². The first-order chi connectivity index (χ1) is 9.36. The summed E-state index contributed by atoms with van der Waals surface area (Å²) in [5, 5.41) is 1.04. The fraction of sp³-hybridized carbons (Fsp3) is 0.0625. The summed E-state index contributed by atoms with van der Waals surface area (Å²) in [6.45, 7) is 1.97. The zero-order valence-corrected chi connectivity index (χ0v) is 10.6. The Morgan fingerprint density at radius 1 is 0.947 bits per heavy atom. The third-order valence-electron chi connectivity index (χ3n) is 2.83. The summed E-state index contributed by atoms with van der Waals surface area (Å²) in [4.78, 5) is 13.5. The highest BCUT2D eigenvalue weighted by Gasteiger charge is 2.04. The predicted molar refractivity (Wildman–Crippen MR) is 77.5 cm³/mol. The van der Waals surface area contributed by atoms with Gasteiger partial charge < -0.3 is 0 Å². The van der Waals surface area contributed by atoms with Crippen molar-refractivity contribution in [1.82, 2.24) is 15.0 Å². The van der Waals surface area contributed by atoms with Crippen molar-refractivity contribution in [2.75, 3.05) is 0 Å². The van der Waals surface area contributed by atoms with E-state index < -0.39 is 0 Å². The SMILES string of the molecule is CC=Cc1cccc(-c2ncc3ccccc3n2)n1. The molecule has 0 saturated carbocycles. The lowest BCUT2D eigenvalue weighted by molar-refractivity contribution is 1.17. The molecule has 0 N–H and O–H groups in total. The normalized spacial score (nSPS) is 11.2. The molecule has 0 atom stereocenters. The Kier molecular flexibility index (Phi) is 3.02. The Balaban J connectivity index is 2.10. The quantitative estimate of drug-likeness (QED) is 0.692. The number of pyridine rings is 1. The van der Waals surface area contributed by atoms with E-state index >= 15 is 0 Å². The molecule has 3 aromatic rings. The molecule has 3 nitrogen and oxygen atoms in total. The molecule has 3 heteroatoms. The Bertz CT molecular complexity index is 748. The van der Waals surface area contributed by atoms with Crippen molar-refractivity contribution in [3.63, 3.8) is 0 Å². The molecule has 0 fully saturated rings. The number of benzene rings is 1. The van der Waals surface area contributed by atoms with Gasteiger partial charge in [-0.15, -0.1) is 0 Å². The van der Waals surface area contributed by atoms with Crippen molar-refractivity contribution in [1.29, 1.82) is 0 Å². The van der Waals surface area contributed by atoms with E-state index in [0.29, 0.717) is 5.82 Å². The van der Waals surface area contributed by atoms with Crippen molar-refractivity contribution in [2.45, 2.75) is 6.92 Å². The highest BCUT2D eigenvalue weighted by atomic mass is 14.9. The van der Waals surface area contributed by atoms with E-state index in [1.54, 1.807) is 0 Å². The Morgan fingerprint density at radius 3 is 2.74 bits per heavy atom. The average molecular weight is 247 g/mol. The van der Waals surface area contributed by atoms with Crippen molar-refractivity contribution in [3.8, 4) is 11.5 Å². The van der Waals surface area contributed by atoms with Crippen LogP contribution in [0, 0.1) is 0 Å². The number of nitrogens with zero attached hydrogens (tertiary/aromatic N) is 3. The molecular weight excluding hydrogens is 234 g/mol. The van der Waals surface area contributed by atoms with Crippen LogP contribution < -0.4 is 0 Å². The van der Waals surface area contributed by atoms with Crippen LogP contribution in [0.2, 0.25) is 0 Å². The number of fused-ring (bicyclic) bond motifs is 1. The molecule has 0 spiro atoms. The minimum absolute atomic E-state index is 0.657. The molecule has 0 aliphatic heterocycles. The van der Waals surface area contributed by atoms with E-state index in [0.717, 1.165) is 22.3 Å². The lowest BCUT2D eigenvalue weighted by Crippen LogP contribution is -1.93. The summed E-state index contributed by atoms with van der Waals surface area (Å²) in [6.07, 6.45) is 5.76. The number of aromatic nitrogens is 3. The highest BCUT2D eigenvalue weighted by Crippen LogP contribution is 2.17.